The third-order valence-corrected chi connectivity index (χ3v) is 4.16. The Morgan fingerprint density at radius 3 is 2.11 bits per heavy atom. The van der Waals surface area contributed by atoms with Gasteiger partial charge in [0.2, 0.25) is 5.91 Å². The summed E-state index contributed by atoms with van der Waals surface area (Å²) in [7, 11) is 0. The van der Waals surface area contributed by atoms with Crippen molar-refractivity contribution < 1.29 is 9.90 Å². The first kappa shape index (κ1) is 15.5. The Balaban J connectivity index is 2.47. The van der Waals surface area contributed by atoms with Crippen LogP contribution >= 0.6 is 0 Å². The van der Waals surface area contributed by atoms with E-state index < -0.39 is 0 Å². The summed E-state index contributed by atoms with van der Waals surface area (Å²) in [6.07, 6.45) is 5.87. The average molecular weight is 255 g/mol. The monoisotopic (exact) mass is 255 g/mol. The molecule has 1 aliphatic heterocycles. The molecule has 18 heavy (non-hydrogen) atoms. The number of nitrogens with zero attached hydrogens (tertiary/aromatic N) is 1. The molecule has 1 heterocycles. The van der Waals surface area contributed by atoms with Crippen molar-refractivity contribution in [3.05, 3.63) is 0 Å². The van der Waals surface area contributed by atoms with Crippen LogP contribution in [0.15, 0.2) is 0 Å². The zero-order chi connectivity index (χ0) is 13.5. The minimum Gasteiger partial charge on any atom is -0.393 e. The summed E-state index contributed by atoms with van der Waals surface area (Å²) < 4.78 is 0. The molecule has 106 valence electrons. The van der Waals surface area contributed by atoms with Gasteiger partial charge >= 0.3 is 0 Å². The van der Waals surface area contributed by atoms with Gasteiger partial charge in [0.1, 0.15) is 0 Å². The van der Waals surface area contributed by atoms with Gasteiger partial charge in [-0.2, -0.15) is 0 Å². The first-order valence-electron chi connectivity index (χ1n) is 7.56. The summed E-state index contributed by atoms with van der Waals surface area (Å²) in [4.78, 5) is 14.4. The Morgan fingerprint density at radius 2 is 1.72 bits per heavy atom. The van der Waals surface area contributed by atoms with Gasteiger partial charge in [-0.1, -0.05) is 26.7 Å². The summed E-state index contributed by atoms with van der Waals surface area (Å²) in [5.41, 5.74) is 0. The van der Waals surface area contributed by atoms with E-state index in [2.05, 4.69) is 13.8 Å². The number of hydrogen-bond donors (Lipinski definition) is 1. The number of aliphatic hydroxyl groups excluding tert-OH is 1. The molecule has 3 nitrogen and oxygen atoms in total. The maximum absolute atomic E-state index is 12.4. The molecule has 0 radical (unpaired) electrons. The number of amides is 1. The Kier molecular flexibility index (Phi) is 6.69. The van der Waals surface area contributed by atoms with Crippen molar-refractivity contribution in [3.8, 4) is 0 Å². The van der Waals surface area contributed by atoms with Crippen LogP contribution in [-0.4, -0.2) is 35.1 Å². The van der Waals surface area contributed by atoms with E-state index in [9.17, 15) is 9.90 Å². The van der Waals surface area contributed by atoms with Crippen molar-refractivity contribution >= 4 is 5.91 Å². The smallest absolute Gasteiger partial charge is 0.225 e. The lowest BCUT2D eigenvalue weighted by atomic mass is 9.90. The number of hydrogen-bond acceptors (Lipinski definition) is 2. The van der Waals surface area contributed by atoms with Crippen LogP contribution in [0.1, 0.15) is 59.3 Å². The van der Waals surface area contributed by atoms with Gasteiger partial charge in [0.15, 0.2) is 0 Å². The second kappa shape index (κ2) is 7.78. The summed E-state index contributed by atoms with van der Waals surface area (Å²) in [5, 5.41) is 9.58. The van der Waals surface area contributed by atoms with Crippen molar-refractivity contribution in [2.24, 2.45) is 11.8 Å². The molecule has 0 saturated carbocycles. The van der Waals surface area contributed by atoms with Gasteiger partial charge in [0.25, 0.3) is 0 Å². The standard InChI is InChI=1S/C15H29NO2/c1-4-6-14(7-5-2)15(18)16-10-8-13(9-11-16)12(3)17/h12-14,17H,4-11H2,1-3H3. The van der Waals surface area contributed by atoms with Crippen LogP contribution in [-0.2, 0) is 4.79 Å². The normalized spacial score (nSPS) is 19.3. The van der Waals surface area contributed by atoms with Crippen molar-refractivity contribution in [1.82, 2.24) is 4.90 Å². The van der Waals surface area contributed by atoms with Crippen molar-refractivity contribution in [3.63, 3.8) is 0 Å². The van der Waals surface area contributed by atoms with E-state index in [4.69, 9.17) is 0 Å². The molecule has 0 bridgehead atoms. The highest BCUT2D eigenvalue weighted by molar-refractivity contribution is 5.78. The molecule has 3 heteroatoms. The minimum absolute atomic E-state index is 0.225. The largest absolute Gasteiger partial charge is 0.393 e. The highest BCUT2D eigenvalue weighted by Gasteiger charge is 2.28. The molecule has 0 aromatic heterocycles. The number of carbonyl (C=O) groups excluding carboxylic acids is 1. The fraction of sp³-hybridized carbons (Fsp3) is 0.933. The molecule has 1 unspecified atom stereocenters. The van der Waals surface area contributed by atoms with Crippen LogP contribution in [0.5, 0.6) is 0 Å². The highest BCUT2D eigenvalue weighted by Crippen LogP contribution is 2.24. The number of aliphatic hydroxyl groups is 1. The Bertz CT molecular complexity index is 239. The quantitative estimate of drug-likeness (QED) is 0.793. The molecule has 1 rings (SSSR count). The van der Waals surface area contributed by atoms with Gasteiger partial charge in [-0.3, -0.25) is 4.79 Å². The molecule has 1 amide bonds. The van der Waals surface area contributed by atoms with E-state index in [-0.39, 0.29) is 12.0 Å². The number of likely N-dealkylation sites (tertiary alicyclic amines) is 1. The maximum atomic E-state index is 12.4. The van der Waals surface area contributed by atoms with E-state index in [0.29, 0.717) is 11.8 Å². The van der Waals surface area contributed by atoms with Crippen LogP contribution in [0.4, 0.5) is 0 Å². The van der Waals surface area contributed by atoms with Crippen molar-refractivity contribution in [2.75, 3.05) is 13.1 Å². The summed E-state index contributed by atoms with van der Waals surface area (Å²) in [6, 6.07) is 0. The molecular formula is C15H29NO2. The molecular weight excluding hydrogens is 226 g/mol. The lowest BCUT2D eigenvalue weighted by Crippen LogP contribution is -2.43. The Hall–Kier alpha value is -0.570. The van der Waals surface area contributed by atoms with Gasteiger partial charge in [-0.05, 0) is 38.5 Å². The third kappa shape index (κ3) is 4.27. The number of piperidine rings is 1. The van der Waals surface area contributed by atoms with Crippen LogP contribution in [0.25, 0.3) is 0 Å². The van der Waals surface area contributed by atoms with E-state index in [0.717, 1.165) is 51.6 Å². The predicted octanol–water partition coefficient (Wildman–Crippen LogP) is 2.82. The first-order valence-corrected chi connectivity index (χ1v) is 7.56. The number of carbonyl (C=O) groups is 1. The second-order valence-corrected chi connectivity index (χ2v) is 5.68. The molecule has 1 fully saturated rings. The maximum Gasteiger partial charge on any atom is 0.225 e. The Morgan fingerprint density at radius 1 is 1.22 bits per heavy atom. The van der Waals surface area contributed by atoms with Gasteiger partial charge in [-0.15, -0.1) is 0 Å². The second-order valence-electron chi connectivity index (χ2n) is 5.68. The predicted molar refractivity (Wildman–Crippen MR) is 74.3 cm³/mol. The lowest BCUT2D eigenvalue weighted by Gasteiger charge is -2.35. The van der Waals surface area contributed by atoms with Crippen LogP contribution in [0.2, 0.25) is 0 Å². The molecule has 0 aliphatic carbocycles. The summed E-state index contributed by atoms with van der Waals surface area (Å²) in [5.74, 6) is 0.954. The third-order valence-electron chi connectivity index (χ3n) is 4.16. The fourth-order valence-electron chi connectivity index (χ4n) is 2.95. The van der Waals surface area contributed by atoms with Gasteiger partial charge in [0, 0.05) is 19.0 Å². The van der Waals surface area contributed by atoms with Gasteiger partial charge < -0.3 is 10.0 Å². The molecule has 0 aromatic rings. The zero-order valence-electron chi connectivity index (χ0n) is 12.2. The SMILES string of the molecule is CCCC(CCC)C(=O)N1CCC(C(C)O)CC1. The van der Waals surface area contributed by atoms with Crippen molar-refractivity contribution in [1.29, 1.82) is 0 Å². The summed E-state index contributed by atoms with van der Waals surface area (Å²) in [6.45, 7) is 7.82. The molecule has 0 aromatic carbocycles. The van der Waals surface area contributed by atoms with E-state index in [1.807, 2.05) is 11.8 Å². The lowest BCUT2D eigenvalue weighted by molar-refractivity contribution is -0.138. The van der Waals surface area contributed by atoms with E-state index >= 15 is 0 Å². The van der Waals surface area contributed by atoms with E-state index in [1.165, 1.54) is 0 Å². The van der Waals surface area contributed by atoms with Gasteiger partial charge in [-0.25, -0.2) is 0 Å². The fourth-order valence-corrected chi connectivity index (χ4v) is 2.95. The topological polar surface area (TPSA) is 40.5 Å². The number of rotatable bonds is 6. The molecule has 0 spiro atoms. The van der Waals surface area contributed by atoms with Crippen LogP contribution in [0.3, 0.4) is 0 Å². The molecule has 1 aliphatic rings. The first-order chi connectivity index (χ1) is 8.60. The minimum atomic E-state index is -0.232. The molecule has 1 saturated heterocycles. The van der Waals surface area contributed by atoms with Gasteiger partial charge in [0.05, 0.1) is 6.10 Å². The highest BCUT2D eigenvalue weighted by atomic mass is 16.3. The zero-order valence-corrected chi connectivity index (χ0v) is 12.2. The van der Waals surface area contributed by atoms with Crippen LogP contribution in [0, 0.1) is 11.8 Å². The molecule has 1 atom stereocenters. The molecule has 1 N–H and O–H groups in total. The van der Waals surface area contributed by atoms with Crippen LogP contribution < -0.4 is 0 Å². The van der Waals surface area contributed by atoms with Crippen molar-refractivity contribution in [2.45, 2.75) is 65.4 Å². The summed E-state index contributed by atoms with van der Waals surface area (Å²) >= 11 is 0. The van der Waals surface area contributed by atoms with E-state index in [1.54, 1.807) is 0 Å². The average Bonchev–Trinajstić information content (AvgIpc) is 2.38. The Labute approximate surface area is 112 Å².